The molecule has 1 aromatic carbocycles. The minimum atomic E-state index is 0. The molecule has 1 aliphatic rings. The van der Waals surface area contributed by atoms with Gasteiger partial charge >= 0.3 is 0 Å². The fourth-order valence-electron chi connectivity index (χ4n) is 3.09. The number of ether oxygens (including phenoxy) is 3. The van der Waals surface area contributed by atoms with Crippen LogP contribution >= 0.6 is 24.0 Å². The van der Waals surface area contributed by atoms with Crippen molar-refractivity contribution >= 4 is 29.9 Å². The first-order chi connectivity index (χ1) is 13.2. The molecule has 0 atom stereocenters. The maximum absolute atomic E-state index is 5.51. The van der Waals surface area contributed by atoms with Crippen LogP contribution in [0.1, 0.15) is 18.9 Å². The van der Waals surface area contributed by atoms with E-state index in [-0.39, 0.29) is 24.0 Å². The van der Waals surface area contributed by atoms with Gasteiger partial charge in [-0.3, -0.25) is 9.89 Å². The summed E-state index contributed by atoms with van der Waals surface area (Å²) in [5.74, 6) is 2.53. The lowest BCUT2D eigenvalue weighted by Gasteiger charge is -2.26. The van der Waals surface area contributed by atoms with Crippen LogP contribution < -0.4 is 14.8 Å². The lowest BCUT2D eigenvalue weighted by Crippen LogP contribution is -2.39. The predicted molar refractivity (Wildman–Crippen MR) is 124 cm³/mol. The van der Waals surface area contributed by atoms with Gasteiger partial charge < -0.3 is 24.4 Å². The van der Waals surface area contributed by atoms with Crippen LogP contribution in [0.3, 0.4) is 0 Å². The summed E-state index contributed by atoms with van der Waals surface area (Å²) in [6.45, 7) is 9.27. The molecule has 0 saturated carbocycles. The maximum atomic E-state index is 5.51. The summed E-state index contributed by atoms with van der Waals surface area (Å²) in [6.07, 6.45) is 1.05. The van der Waals surface area contributed by atoms with Gasteiger partial charge in [0.25, 0.3) is 0 Å². The molecule has 1 aromatic rings. The first kappa shape index (κ1) is 24.8. The Morgan fingerprint density at radius 2 is 2.00 bits per heavy atom. The molecular weight excluding hydrogens is 471 g/mol. The highest BCUT2D eigenvalue weighted by atomic mass is 127. The highest BCUT2D eigenvalue weighted by Gasteiger charge is 2.12. The van der Waals surface area contributed by atoms with Crippen LogP contribution in [0.4, 0.5) is 0 Å². The number of halogens is 1. The van der Waals surface area contributed by atoms with Crippen LogP contribution in [0, 0.1) is 0 Å². The van der Waals surface area contributed by atoms with Crippen molar-refractivity contribution in [2.24, 2.45) is 4.99 Å². The van der Waals surface area contributed by atoms with Gasteiger partial charge in [-0.25, -0.2) is 0 Å². The van der Waals surface area contributed by atoms with Gasteiger partial charge in [0.2, 0.25) is 0 Å². The van der Waals surface area contributed by atoms with Crippen molar-refractivity contribution in [1.29, 1.82) is 0 Å². The van der Waals surface area contributed by atoms with E-state index in [0.29, 0.717) is 6.54 Å². The Hall–Kier alpha value is -1.26. The third-order valence-corrected chi connectivity index (χ3v) is 4.60. The van der Waals surface area contributed by atoms with Crippen molar-refractivity contribution < 1.29 is 14.2 Å². The molecule has 8 heteroatoms. The van der Waals surface area contributed by atoms with Gasteiger partial charge in [0.1, 0.15) is 11.5 Å². The average Bonchev–Trinajstić information content (AvgIpc) is 2.71. The number of morpholine rings is 1. The number of rotatable bonds is 9. The largest absolute Gasteiger partial charge is 0.497 e. The molecule has 0 spiro atoms. The SMILES string of the molecule is CCNC(=NCCCN1CCOCC1)N(C)Cc1ccc(OC)cc1OC.I. The normalized spacial score (nSPS) is 14.9. The molecule has 1 saturated heterocycles. The van der Waals surface area contributed by atoms with Crippen LogP contribution in [-0.4, -0.2) is 83.0 Å². The molecule has 0 radical (unpaired) electrons. The fraction of sp³-hybridized carbons (Fsp3) is 0.650. The zero-order chi connectivity index (χ0) is 19.5. The topological polar surface area (TPSA) is 58.6 Å². The van der Waals surface area contributed by atoms with Crippen LogP contribution in [0.2, 0.25) is 0 Å². The Kier molecular flexibility index (Phi) is 12.2. The Labute approximate surface area is 186 Å². The minimum absolute atomic E-state index is 0. The van der Waals surface area contributed by atoms with Gasteiger partial charge in [-0.15, -0.1) is 24.0 Å². The van der Waals surface area contributed by atoms with Crippen molar-refractivity contribution in [2.45, 2.75) is 19.9 Å². The third-order valence-electron chi connectivity index (χ3n) is 4.60. The lowest BCUT2D eigenvalue weighted by atomic mass is 10.2. The van der Waals surface area contributed by atoms with Gasteiger partial charge in [-0.1, -0.05) is 0 Å². The van der Waals surface area contributed by atoms with Crippen LogP contribution in [0.15, 0.2) is 23.2 Å². The molecule has 28 heavy (non-hydrogen) atoms. The van der Waals surface area contributed by atoms with Gasteiger partial charge in [0.05, 0.1) is 27.4 Å². The molecule has 2 rings (SSSR count). The predicted octanol–water partition coefficient (Wildman–Crippen LogP) is 2.44. The van der Waals surface area contributed by atoms with Gasteiger partial charge in [0.15, 0.2) is 5.96 Å². The van der Waals surface area contributed by atoms with Crippen molar-refractivity contribution in [3.63, 3.8) is 0 Å². The van der Waals surface area contributed by atoms with E-state index in [0.717, 1.165) is 75.4 Å². The average molecular weight is 506 g/mol. The Morgan fingerprint density at radius 1 is 1.25 bits per heavy atom. The lowest BCUT2D eigenvalue weighted by molar-refractivity contribution is 0.0377. The highest BCUT2D eigenvalue weighted by molar-refractivity contribution is 14.0. The van der Waals surface area contributed by atoms with E-state index in [9.17, 15) is 0 Å². The Balaban J connectivity index is 0.00000392. The molecular formula is C20H35IN4O3. The number of nitrogens with zero attached hydrogens (tertiary/aromatic N) is 3. The van der Waals surface area contributed by atoms with Crippen molar-refractivity contribution in [2.75, 3.05) is 67.2 Å². The molecule has 1 N–H and O–H groups in total. The molecule has 0 aromatic heterocycles. The Morgan fingerprint density at radius 3 is 2.64 bits per heavy atom. The molecule has 1 aliphatic heterocycles. The third kappa shape index (κ3) is 8.00. The van der Waals surface area contributed by atoms with Gasteiger partial charge in [-0.2, -0.15) is 0 Å². The summed E-state index contributed by atoms with van der Waals surface area (Å²) in [4.78, 5) is 9.36. The monoisotopic (exact) mass is 506 g/mol. The minimum Gasteiger partial charge on any atom is -0.497 e. The van der Waals surface area contributed by atoms with E-state index in [1.165, 1.54) is 0 Å². The highest BCUT2D eigenvalue weighted by Crippen LogP contribution is 2.25. The van der Waals surface area contributed by atoms with E-state index in [2.05, 4.69) is 22.0 Å². The summed E-state index contributed by atoms with van der Waals surface area (Å²) >= 11 is 0. The summed E-state index contributed by atoms with van der Waals surface area (Å²) in [7, 11) is 5.39. The molecule has 1 fully saturated rings. The van der Waals surface area contributed by atoms with Gasteiger partial charge in [-0.05, 0) is 25.5 Å². The number of hydrogen-bond donors (Lipinski definition) is 1. The van der Waals surface area contributed by atoms with Crippen LogP contribution in [-0.2, 0) is 11.3 Å². The number of nitrogens with one attached hydrogen (secondary N) is 1. The summed E-state index contributed by atoms with van der Waals surface area (Å²) < 4.78 is 16.2. The van der Waals surface area contributed by atoms with Crippen molar-refractivity contribution in [3.05, 3.63) is 23.8 Å². The maximum Gasteiger partial charge on any atom is 0.193 e. The molecule has 0 amide bonds. The molecule has 1 heterocycles. The summed E-state index contributed by atoms with van der Waals surface area (Å²) in [5, 5.41) is 3.38. The molecule has 0 bridgehead atoms. The Bertz CT molecular complexity index is 595. The number of benzene rings is 1. The standard InChI is InChI=1S/C20H34N4O3.HI/c1-5-21-20(22-9-6-10-24-11-13-27-14-12-24)23(2)16-17-7-8-18(25-3)15-19(17)26-4;/h7-8,15H,5-6,9-14,16H2,1-4H3,(H,21,22);1H. The van der Waals surface area contributed by atoms with Crippen LogP contribution in [0.5, 0.6) is 11.5 Å². The summed E-state index contributed by atoms with van der Waals surface area (Å²) in [6, 6.07) is 5.91. The van der Waals surface area contributed by atoms with E-state index in [1.807, 2.05) is 25.2 Å². The van der Waals surface area contributed by atoms with E-state index in [4.69, 9.17) is 19.2 Å². The number of aliphatic imine (C=N–C) groups is 1. The first-order valence-electron chi connectivity index (χ1n) is 9.68. The van der Waals surface area contributed by atoms with E-state index >= 15 is 0 Å². The first-order valence-corrected chi connectivity index (χ1v) is 9.68. The smallest absolute Gasteiger partial charge is 0.193 e. The van der Waals surface area contributed by atoms with Crippen molar-refractivity contribution in [3.8, 4) is 11.5 Å². The number of guanidine groups is 1. The zero-order valence-corrected chi connectivity index (χ0v) is 19.9. The zero-order valence-electron chi connectivity index (χ0n) is 17.6. The molecule has 7 nitrogen and oxygen atoms in total. The summed E-state index contributed by atoms with van der Waals surface area (Å²) in [5.41, 5.74) is 1.10. The number of hydrogen-bond acceptors (Lipinski definition) is 5. The quantitative estimate of drug-likeness (QED) is 0.241. The second-order valence-corrected chi connectivity index (χ2v) is 6.58. The van der Waals surface area contributed by atoms with E-state index in [1.54, 1.807) is 14.2 Å². The molecule has 0 aliphatic carbocycles. The molecule has 160 valence electrons. The second-order valence-electron chi connectivity index (χ2n) is 6.58. The van der Waals surface area contributed by atoms with Crippen molar-refractivity contribution in [1.82, 2.24) is 15.1 Å². The van der Waals surface area contributed by atoms with E-state index < -0.39 is 0 Å². The van der Waals surface area contributed by atoms with Crippen LogP contribution in [0.25, 0.3) is 0 Å². The number of methoxy groups -OCH3 is 2. The fourth-order valence-corrected chi connectivity index (χ4v) is 3.09. The molecule has 0 unspecified atom stereocenters. The van der Waals surface area contributed by atoms with Gasteiger partial charge in [0, 0.05) is 57.9 Å². The second kappa shape index (κ2) is 13.8.